The average molecular weight is 667 g/mol. The van der Waals surface area contributed by atoms with E-state index >= 15 is 0 Å². The maximum Gasteiger partial charge on any atom is 0.407 e. The summed E-state index contributed by atoms with van der Waals surface area (Å²) in [5, 5.41) is 17.6. The lowest BCUT2D eigenvalue weighted by atomic mass is 10.1. The zero-order chi connectivity index (χ0) is 35.2. The Kier molecular flexibility index (Phi) is 10.3. The molecule has 0 aliphatic heterocycles. The molecule has 4 rings (SSSR count). The maximum atomic E-state index is 13.4. The van der Waals surface area contributed by atoms with Crippen LogP contribution in [-0.2, 0) is 32.2 Å². The summed E-state index contributed by atoms with van der Waals surface area (Å²) in [4.78, 5) is 73.3. The van der Waals surface area contributed by atoms with E-state index in [0.29, 0.717) is 5.23 Å². The molecule has 2 amide bonds. The van der Waals surface area contributed by atoms with E-state index in [4.69, 9.17) is 28.0 Å². The van der Waals surface area contributed by atoms with Gasteiger partial charge in [-0.05, 0) is 71.0 Å². The number of hydrogen-bond acceptors (Lipinski definition) is 13. The minimum Gasteiger partial charge on any atom is -0.457 e. The Morgan fingerprint density at radius 3 is 1.62 bits per heavy atom. The van der Waals surface area contributed by atoms with Crippen molar-refractivity contribution in [2.75, 3.05) is 5.23 Å². The van der Waals surface area contributed by atoms with Gasteiger partial charge in [0.05, 0.1) is 35.9 Å². The number of nitrogens with one attached hydrogen (secondary N) is 2. The van der Waals surface area contributed by atoms with E-state index in [1.165, 1.54) is 42.9 Å². The van der Waals surface area contributed by atoms with E-state index < -0.39 is 40.3 Å². The minimum absolute atomic E-state index is 0.0714. The smallest absolute Gasteiger partial charge is 0.407 e. The van der Waals surface area contributed by atoms with Gasteiger partial charge in [-0.25, -0.2) is 19.2 Å². The number of benzene rings is 2. The number of furan rings is 2. The molecule has 0 fully saturated rings. The molecule has 0 aliphatic carbocycles. The Labute approximate surface area is 273 Å². The normalized spacial score (nSPS) is 11.4. The Balaban J connectivity index is 1.63. The van der Waals surface area contributed by atoms with Crippen LogP contribution in [0.15, 0.2) is 69.9 Å². The van der Waals surface area contributed by atoms with Crippen LogP contribution in [0.4, 0.5) is 21.0 Å². The van der Waals surface area contributed by atoms with Crippen molar-refractivity contribution in [3.63, 3.8) is 0 Å². The second kappa shape index (κ2) is 14.1. The van der Waals surface area contributed by atoms with Gasteiger partial charge in [0.15, 0.2) is 0 Å². The molecule has 0 unspecified atom stereocenters. The lowest BCUT2D eigenvalue weighted by molar-refractivity contribution is -0.383. The SMILES string of the molecule is CC(C)(C)OC(=O)NCc1ccoc1C(=O)ON(OC(=O)c1occc1CNC(=O)OC(C)(C)C)c1ccc([N+](=O)[O-])c2ccccc12. The van der Waals surface area contributed by atoms with Crippen molar-refractivity contribution in [3.8, 4) is 0 Å². The topological polar surface area (TPSA) is 202 Å². The second-order valence-electron chi connectivity index (χ2n) is 12.2. The lowest BCUT2D eigenvalue weighted by Crippen LogP contribution is -2.33. The Morgan fingerprint density at radius 1 is 0.729 bits per heavy atom. The number of non-ortho nitro benzene ring substituents is 1. The van der Waals surface area contributed by atoms with Gasteiger partial charge in [-0.2, -0.15) is 0 Å². The molecule has 0 saturated heterocycles. The molecule has 2 aromatic carbocycles. The van der Waals surface area contributed by atoms with E-state index in [9.17, 15) is 29.3 Å². The van der Waals surface area contributed by atoms with Crippen LogP contribution in [0, 0.1) is 10.1 Å². The molecule has 254 valence electrons. The van der Waals surface area contributed by atoms with Crippen LogP contribution in [0.2, 0.25) is 0 Å². The summed E-state index contributed by atoms with van der Waals surface area (Å²) in [7, 11) is 0. The number of nitro benzene ring substituents is 1. The number of hydrogen-bond donors (Lipinski definition) is 2. The van der Waals surface area contributed by atoms with Gasteiger partial charge in [0.25, 0.3) is 5.69 Å². The molecule has 4 aromatic rings. The monoisotopic (exact) mass is 666 g/mol. The number of alkyl carbamates (subject to hydrolysis) is 2. The van der Waals surface area contributed by atoms with E-state index in [1.807, 2.05) is 0 Å². The zero-order valence-electron chi connectivity index (χ0n) is 27.0. The van der Waals surface area contributed by atoms with Crippen molar-refractivity contribution >= 4 is 46.3 Å². The second-order valence-corrected chi connectivity index (χ2v) is 12.2. The van der Waals surface area contributed by atoms with Gasteiger partial charge in [-0.3, -0.25) is 19.8 Å². The molecule has 0 radical (unpaired) electrons. The highest BCUT2D eigenvalue weighted by Gasteiger charge is 2.30. The number of carbonyl (C=O) groups excluding carboxylic acids is 4. The van der Waals surface area contributed by atoms with E-state index in [1.54, 1.807) is 53.7 Å². The summed E-state index contributed by atoms with van der Waals surface area (Å²) in [6, 6.07) is 11.3. The zero-order valence-corrected chi connectivity index (χ0v) is 27.0. The highest BCUT2D eigenvalue weighted by Crippen LogP contribution is 2.34. The molecule has 0 saturated carbocycles. The predicted molar refractivity (Wildman–Crippen MR) is 167 cm³/mol. The summed E-state index contributed by atoms with van der Waals surface area (Å²) < 4.78 is 21.1. The molecule has 48 heavy (non-hydrogen) atoms. The van der Waals surface area contributed by atoms with Gasteiger partial charge >= 0.3 is 24.1 Å². The van der Waals surface area contributed by atoms with Gasteiger partial charge in [-0.15, -0.1) is 0 Å². The van der Waals surface area contributed by atoms with E-state index in [0.717, 1.165) is 6.07 Å². The van der Waals surface area contributed by atoms with Crippen molar-refractivity contribution < 1.29 is 52.1 Å². The number of fused-ring (bicyclic) bond motifs is 1. The van der Waals surface area contributed by atoms with Crippen LogP contribution >= 0.6 is 0 Å². The summed E-state index contributed by atoms with van der Waals surface area (Å²) in [6.07, 6.45) is 0.887. The summed E-state index contributed by atoms with van der Waals surface area (Å²) >= 11 is 0. The number of carbonyl (C=O) groups is 4. The fourth-order valence-electron chi connectivity index (χ4n) is 4.21. The lowest BCUT2D eigenvalue weighted by Gasteiger charge is -2.22. The van der Waals surface area contributed by atoms with Gasteiger partial charge in [0.2, 0.25) is 11.5 Å². The van der Waals surface area contributed by atoms with Crippen molar-refractivity contribution in [2.45, 2.75) is 65.8 Å². The largest absolute Gasteiger partial charge is 0.457 e. The van der Waals surface area contributed by atoms with E-state index in [2.05, 4.69) is 10.6 Å². The number of nitro groups is 1. The third-order valence-electron chi connectivity index (χ3n) is 6.11. The Bertz CT molecular complexity index is 1750. The van der Waals surface area contributed by atoms with Crippen LogP contribution in [0.3, 0.4) is 0 Å². The average Bonchev–Trinajstić information content (AvgIpc) is 3.66. The molecule has 16 heteroatoms. The molecule has 16 nitrogen and oxygen atoms in total. The molecule has 0 aliphatic rings. The van der Waals surface area contributed by atoms with Crippen molar-refractivity contribution in [1.29, 1.82) is 0 Å². The number of amides is 2. The van der Waals surface area contributed by atoms with Crippen LogP contribution < -0.4 is 15.9 Å². The van der Waals surface area contributed by atoms with E-state index in [-0.39, 0.29) is 57.9 Å². The van der Waals surface area contributed by atoms with Crippen LogP contribution in [-0.4, -0.2) is 40.3 Å². The highest BCUT2D eigenvalue weighted by atomic mass is 17.0. The standard InChI is InChI=1S/C32H34N4O12/c1-31(2,3)45-29(39)33-17-19-13-15-43-25(19)27(37)47-36(24-12-11-23(35(41)42)21-9-7-8-10-22(21)24)48-28(38)26-20(14-16-44-26)18-34-30(40)46-32(4,5)6/h7-16H,17-18H2,1-6H3,(H,33,39)(H,34,40). The molecule has 0 atom stereocenters. The van der Waals surface area contributed by atoms with Gasteiger partial charge in [0.1, 0.15) is 16.9 Å². The fraction of sp³-hybridized carbons (Fsp3) is 0.312. The third kappa shape index (κ3) is 9.02. The van der Waals surface area contributed by atoms with Gasteiger partial charge in [-0.1, -0.05) is 18.2 Å². The molecule has 2 N–H and O–H groups in total. The molecule has 2 heterocycles. The third-order valence-corrected chi connectivity index (χ3v) is 6.11. The highest BCUT2D eigenvalue weighted by molar-refractivity contribution is 6.01. The van der Waals surface area contributed by atoms with Crippen LogP contribution in [0.1, 0.15) is 73.8 Å². The van der Waals surface area contributed by atoms with Crippen molar-refractivity contribution in [3.05, 3.63) is 93.8 Å². The number of ether oxygens (including phenoxy) is 2. The predicted octanol–water partition coefficient (Wildman–Crippen LogP) is 6.33. The molecular formula is C32H34N4O12. The van der Waals surface area contributed by atoms with Crippen molar-refractivity contribution in [2.24, 2.45) is 0 Å². The number of nitrogens with zero attached hydrogens (tertiary/aromatic N) is 2. The first-order chi connectivity index (χ1) is 22.5. The molecule has 0 spiro atoms. The minimum atomic E-state index is -1.15. The quantitative estimate of drug-likeness (QED) is 0.140. The van der Waals surface area contributed by atoms with Crippen molar-refractivity contribution in [1.82, 2.24) is 10.6 Å². The molecular weight excluding hydrogens is 632 g/mol. The number of rotatable bonds is 10. The summed E-state index contributed by atoms with van der Waals surface area (Å²) in [5.74, 6) is -3.00. The maximum absolute atomic E-state index is 13.4. The van der Waals surface area contributed by atoms with Crippen LogP contribution in [0.5, 0.6) is 0 Å². The first-order valence-corrected chi connectivity index (χ1v) is 14.5. The number of anilines is 1. The Hall–Kier alpha value is -6.06. The van der Waals surface area contributed by atoms with Crippen LogP contribution in [0.25, 0.3) is 10.8 Å². The first-order valence-electron chi connectivity index (χ1n) is 14.5. The summed E-state index contributed by atoms with van der Waals surface area (Å²) in [6.45, 7) is 9.76. The molecule has 2 aromatic heterocycles. The Morgan fingerprint density at radius 2 is 1.19 bits per heavy atom. The van der Waals surface area contributed by atoms with Gasteiger partial charge in [0, 0.05) is 22.6 Å². The molecule has 0 bridgehead atoms. The fourth-order valence-corrected chi connectivity index (χ4v) is 4.21. The van der Waals surface area contributed by atoms with Gasteiger partial charge < -0.3 is 28.9 Å². The summed E-state index contributed by atoms with van der Waals surface area (Å²) in [5.41, 5.74) is -1.45. The first kappa shape index (κ1) is 34.8.